The van der Waals surface area contributed by atoms with Crippen molar-refractivity contribution in [2.75, 3.05) is 6.61 Å². The van der Waals surface area contributed by atoms with Crippen molar-refractivity contribution in [3.63, 3.8) is 0 Å². The van der Waals surface area contributed by atoms with Crippen molar-refractivity contribution < 1.29 is 9.90 Å². The van der Waals surface area contributed by atoms with Gasteiger partial charge in [0.25, 0.3) is 0 Å². The molecule has 1 aromatic rings. The Bertz CT molecular complexity index is 489. The Balaban J connectivity index is 2.13. The lowest BCUT2D eigenvalue weighted by molar-refractivity contribution is -0.115. The Morgan fingerprint density at radius 3 is 2.88 bits per heavy atom. The summed E-state index contributed by atoms with van der Waals surface area (Å²) in [7, 11) is 0. The minimum atomic E-state index is -0.0980. The van der Waals surface area contributed by atoms with Crippen LogP contribution in [0, 0.1) is 5.92 Å². The molecule has 0 saturated carbocycles. The average Bonchev–Trinajstić information content (AvgIpc) is 2.68. The first-order valence-electron chi connectivity index (χ1n) is 6.17. The van der Waals surface area contributed by atoms with Crippen LogP contribution >= 0.6 is 0 Å². The van der Waals surface area contributed by atoms with Gasteiger partial charge in [0.1, 0.15) is 0 Å². The summed E-state index contributed by atoms with van der Waals surface area (Å²) in [5, 5.41) is 9.60. The number of hydrogen-bond acceptors (Lipinski definition) is 2. The van der Waals surface area contributed by atoms with Gasteiger partial charge in [-0.1, -0.05) is 30.3 Å². The number of allylic oxidation sites excluding steroid dienone is 2. The smallest absolute Gasteiger partial charge is 0.155 e. The van der Waals surface area contributed by atoms with E-state index in [4.69, 9.17) is 0 Å². The van der Waals surface area contributed by atoms with E-state index in [0.717, 1.165) is 12.8 Å². The lowest BCUT2D eigenvalue weighted by Crippen LogP contribution is -2.34. The molecule has 1 aromatic carbocycles. The number of fused-ring (bicyclic) bond motifs is 2. The Kier molecular flexibility index (Phi) is 2.40. The molecule has 0 heterocycles. The topological polar surface area (TPSA) is 37.3 Å². The second-order valence-electron chi connectivity index (χ2n) is 5.08. The summed E-state index contributed by atoms with van der Waals surface area (Å²) in [4.78, 5) is 11.4. The Labute approximate surface area is 101 Å². The van der Waals surface area contributed by atoms with Gasteiger partial charge < -0.3 is 5.11 Å². The lowest BCUT2D eigenvalue weighted by atomic mass is 9.69. The van der Waals surface area contributed by atoms with Crippen LogP contribution in [0.2, 0.25) is 0 Å². The number of carbonyl (C=O) groups is 1. The van der Waals surface area contributed by atoms with Crippen LogP contribution in [0.3, 0.4) is 0 Å². The molecular weight excluding hydrogens is 212 g/mol. The van der Waals surface area contributed by atoms with Gasteiger partial charge in [0.2, 0.25) is 0 Å². The van der Waals surface area contributed by atoms with Crippen LogP contribution in [0.1, 0.15) is 24.0 Å². The highest BCUT2D eigenvalue weighted by atomic mass is 16.3. The molecule has 2 aliphatic carbocycles. The van der Waals surface area contributed by atoms with Gasteiger partial charge in [0.05, 0.1) is 0 Å². The molecule has 17 heavy (non-hydrogen) atoms. The molecule has 2 atom stereocenters. The van der Waals surface area contributed by atoms with Crippen molar-refractivity contribution in [2.45, 2.75) is 24.7 Å². The van der Waals surface area contributed by atoms with Crippen LogP contribution in [0.15, 0.2) is 36.4 Å². The molecule has 0 unspecified atom stereocenters. The Morgan fingerprint density at radius 1 is 1.35 bits per heavy atom. The van der Waals surface area contributed by atoms with E-state index in [0.29, 0.717) is 6.42 Å². The van der Waals surface area contributed by atoms with E-state index < -0.39 is 0 Å². The fourth-order valence-corrected chi connectivity index (χ4v) is 3.35. The van der Waals surface area contributed by atoms with Gasteiger partial charge in [-0.15, -0.1) is 0 Å². The molecule has 3 rings (SSSR count). The zero-order chi connectivity index (χ0) is 11.9. The summed E-state index contributed by atoms with van der Waals surface area (Å²) in [6.07, 6.45) is 6.09. The first-order chi connectivity index (χ1) is 8.26. The van der Waals surface area contributed by atoms with Crippen molar-refractivity contribution in [1.82, 2.24) is 0 Å². The quantitative estimate of drug-likeness (QED) is 0.798. The maximum Gasteiger partial charge on any atom is 0.155 e. The standard InChI is InChI=1S/C15H16O2/c16-10-12-9-11-3-1-2-4-14(11)15(12)7-5-13(17)6-8-15/h1-5,7,12,16H,6,8-10H2/t12-,15+/m1/s1. The zero-order valence-corrected chi connectivity index (χ0v) is 9.73. The Morgan fingerprint density at radius 2 is 2.18 bits per heavy atom. The van der Waals surface area contributed by atoms with E-state index in [1.54, 1.807) is 6.08 Å². The normalized spacial score (nSPS) is 30.9. The monoisotopic (exact) mass is 228 g/mol. The van der Waals surface area contributed by atoms with Gasteiger partial charge in [-0.3, -0.25) is 4.79 Å². The van der Waals surface area contributed by atoms with Gasteiger partial charge in [-0.2, -0.15) is 0 Å². The third-order valence-corrected chi connectivity index (χ3v) is 4.29. The summed E-state index contributed by atoms with van der Waals surface area (Å²) >= 11 is 0. The SMILES string of the molecule is O=C1C=C[C@@]2(CC1)c1ccccc1C[C@@H]2CO. The summed E-state index contributed by atoms with van der Waals surface area (Å²) in [6, 6.07) is 8.37. The number of hydrogen-bond donors (Lipinski definition) is 1. The van der Waals surface area contributed by atoms with E-state index in [9.17, 15) is 9.90 Å². The zero-order valence-electron chi connectivity index (χ0n) is 9.73. The Hall–Kier alpha value is -1.41. The second-order valence-corrected chi connectivity index (χ2v) is 5.08. The van der Waals surface area contributed by atoms with E-state index >= 15 is 0 Å². The molecule has 0 radical (unpaired) electrons. The fourth-order valence-electron chi connectivity index (χ4n) is 3.35. The minimum absolute atomic E-state index is 0.0980. The van der Waals surface area contributed by atoms with E-state index in [2.05, 4.69) is 12.1 Å². The van der Waals surface area contributed by atoms with Crippen molar-refractivity contribution in [1.29, 1.82) is 0 Å². The summed E-state index contributed by atoms with van der Waals surface area (Å²) in [5.74, 6) is 0.431. The first-order valence-corrected chi connectivity index (χ1v) is 6.17. The third kappa shape index (κ3) is 1.48. The van der Waals surface area contributed by atoms with E-state index in [1.165, 1.54) is 11.1 Å². The highest BCUT2D eigenvalue weighted by molar-refractivity contribution is 5.91. The maximum absolute atomic E-state index is 11.4. The van der Waals surface area contributed by atoms with E-state index in [1.807, 2.05) is 18.2 Å². The minimum Gasteiger partial charge on any atom is -0.396 e. The van der Waals surface area contributed by atoms with Gasteiger partial charge in [-0.05, 0) is 36.0 Å². The molecule has 0 saturated heterocycles. The van der Waals surface area contributed by atoms with Gasteiger partial charge in [0.15, 0.2) is 5.78 Å². The largest absolute Gasteiger partial charge is 0.396 e. The number of carbonyl (C=O) groups excluding carboxylic acids is 1. The molecule has 0 aliphatic heterocycles. The highest BCUT2D eigenvalue weighted by Crippen LogP contribution is 2.48. The number of rotatable bonds is 1. The fraction of sp³-hybridized carbons (Fsp3) is 0.400. The molecule has 0 amide bonds. The van der Waals surface area contributed by atoms with Crippen molar-refractivity contribution in [3.8, 4) is 0 Å². The van der Waals surface area contributed by atoms with Crippen LogP contribution in [-0.4, -0.2) is 17.5 Å². The van der Waals surface area contributed by atoms with Crippen molar-refractivity contribution in [2.24, 2.45) is 5.92 Å². The molecule has 2 aliphatic rings. The molecule has 1 N–H and O–H groups in total. The van der Waals surface area contributed by atoms with Crippen LogP contribution < -0.4 is 0 Å². The predicted octanol–water partition coefficient (Wildman–Crippen LogP) is 2.01. The predicted molar refractivity (Wildman–Crippen MR) is 65.8 cm³/mol. The van der Waals surface area contributed by atoms with Crippen molar-refractivity contribution in [3.05, 3.63) is 47.5 Å². The van der Waals surface area contributed by atoms with E-state index in [-0.39, 0.29) is 23.7 Å². The third-order valence-electron chi connectivity index (χ3n) is 4.29. The van der Waals surface area contributed by atoms with Gasteiger partial charge in [0, 0.05) is 18.4 Å². The highest BCUT2D eigenvalue weighted by Gasteiger charge is 2.45. The number of aliphatic hydroxyl groups is 1. The molecule has 2 nitrogen and oxygen atoms in total. The van der Waals surface area contributed by atoms with Crippen LogP contribution in [0.4, 0.5) is 0 Å². The lowest BCUT2D eigenvalue weighted by Gasteiger charge is -2.35. The summed E-state index contributed by atoms with van der Waals surface area (Å²) in [5.41, 5.74) is 2.53. The van der Waals surface area contributed by atoms with Gasteiger partial charge in [-0.25, -0.2) is 0 Å². The summed E-state index contributed by atoms with van der Waals surface area (Å²) in [6.45, 7) is 0.188. The van der Waals surface area contributed by atoms with Gasteiger partial charge >= 0.3 is 0 Å². The molecule has 88 valence electrons. The average molecular weight is 228 g/mol. The molecule has 0 bridgehead atoms. The number of benzene rings is 1. The van der Waals surface area contributed by atoms with Crippen LogP contribution in [0.5, 0.6) is 0 Å². The second kappa shape index (κ2) is 3.81. The molecule has 2 heteroatoms. The number of aliphatic hydroxyl groups excluding tert-OH is 1. The summed E-state index contributed by atoms with van der Waals surface area (Å²) < 4.78 is 0. The van der Waals surface area contributed by atoms with Crippen molar-refractivity contribution >= 4 is 5.78 Å². The molecule has 0 aromatic heterocycles. The van der Waals surface area contributed by atoms with Crippen LogP contribution in [0.25, 0.3) is 0 Å². The van der Waals surface area contributed by atoms with Crippen LogP contribution in [-0.2, 0) is 16.6 Å². The first kappa shape index (κ1) is 10.7. The molecular formula is C15H16O2. The molecule has 0 fully saturated rings. The molecule has 1 spiro atoms. The maximum atomic E-state index is 11.4. The number of ketones is 1.